The lowest BCUT2D eigenvalue weighted by molar-refractivity contribution is -0.159. The van der Waals surface area contributed by atoms with Crippen LogP contribution in [-0.4, -0.2) is 26.2 Å². The minimum Gasteiger partial charge on any atom is -0.444 e. The van der Waals surface area contributed by atoms with Crippen LogP contribution in [0.5, 0.6) is 0 Å². The molecule has 0 spiro atoms. The second-order valence-electron chi connectivity index (χ2n) is 7.16. The Hall–Kier alpha value is -3.50. The first-order valence-electron chi connectivity index (χ1n) is 9.58. The number of nitrogens with one attached hydrogen (secondary N) is 1. The Bertz CT molecular complexity index is 1110. The van der Waals surface area contributed by atoms with Crippen LogP contribution in [0, 0.1) is 6.92 Å². The van der Waals surface area contributed by atoms with Crippen molar-refractivity contribution in [3.05, 3.63) is 52.8 Å². The Kier molecular flexibility index (Phi) is 5.57. The van der Waals surface area contributed by atoms with E-state index in [4.69, 9.17) is 4.74 Å². The summed E-state index contributed by atoms with van der Waals surface area (Å²) in [5.41, 5.74) is 4.06. The van der Waals surface area contributed by atoms with Crippen molar-refractivity contribution in [3.8, 4) is 11.5 Å². The molecular weight excluding hydrogens is 415 g/mol. The first kappa shape index (κ1) is 20.8. The van der Waals surface area contributed by atoms with Crippen molar-refractivity contribution in [3.63, 3.8) is 0 Å². The maximum Gasteiger partial charge on any atom is 0.471 e. The topological polar surface area (TPSA) is 103 Å². The number of carbonyl (C=O) groups excluding carboxylic acids is 1. The van der Waals surface area contributed by atoms with Crippen molar-refractivity contribution in [1.82, 2.24) is 20.1 Å². The zero-order valence-corrected chi connectivity index (χ0v) is 16.5. The number of hydrogen-bond acceptors (Lipinski definition) is 7. The zero-order valence-electron chi connectivity index (χ0n) is 16.5. The Balaban J connectivity index is 1.38. The van der Waals surface area contributed by atoms with E-state index in [9.17, 15) is 18.0 Å². The van der Waals surface area contributed by atoms with E-state index < -0.39 is 18.2 Å². The maximum absolute atomic E-state index is 12.6. The molecule has 0 aromatic carbocycles. The first-order valence-corrected chi connectivity index (χ1v) is 9.58. The molecule has 0 bridgehead atoms. The third kappa shape index (κ3) is 4.81. The van der Waals surface area contributed by atoms with E-state index >= 15 is 0 Å². The molecule has 1 aliphatic carbocycles. The Morgan fingerprint density at radius 2 is 2.00 bits per heavy atom. The number of nitrogens with zero attached hydrogens (tertiary/aromatic N) is 4. The largest absolute Gasteiger partial charge is 0.471 e. The van der Waals surface area contributed by atoms with Gasteiger partial charge >= 0.3 is 18.2 Å². The summed E-state index contributed by atoms with van der Waals surface area (Å²) < 4.78 is 47.3. The normalized spacial score (nSPS) is 13.5. The molecule has 3 aromatic rings. The van der Waals surface area contributed by atoms with Crippen LogP contribution >= 0.6 is 0 Å². The molecule has 0 fully saturated rings. The molecule has 0 aliphatic heterocycles. The highest BCUT2D eigenvalue weighted by Gasteiger charge is 2.38. The Morgan fingerprint density at radius 1 is 1.19 bits per heavy atom. The molecule has 31 heavy (non-hydrogen) atoms. The molecule has 1 N–H and O–H groups in total. The number of anilines is 1. The van der Waals surface area contributed by atoms with Gasteiger partial charge in [-0.25, -0.2) is 4.79 Å². The minimum atomic E-state index is -4.74. The SMILES string of the molecule is Cc1cc(-c2noc(C(F)(F)F)n2)ncc1NC(=O)OCc1cnc2c(c1)CCCC2. The number of pyridine rings is 2. The lowest BCUT2D eigenvalue weighted by Crippen LogP contribution is -2.15. The molecule has 3 aromatic heterocycles. The molecule has 0 saturated carbocycles. The molecule has 1 aliphatic rings. The predicted molar refractivity (Wildman–Crippen MR) is 102 cm³/mol. The number of aryl methyl sites for hydroxylation is 3. The van der Waals surface area contributed by atoms with Crippen LogP contribution < -0.4 is 5.32 Å². The number of alkyl halides is 3. The van der Waals surface area contributed by atoms with E-state index in [1.165, 1.54) is 17.8 Å². The van der Waals surface area contributed by atoms with Gasteiger partial charge in [-0.1, -0.05) is 5.16 Å². The van der Waals surface area contributed by atoms with Crippen LogP contribution in [0.1, 0.15) is 41.1 Å². The molecule has 11 heteroatoms. The van der Waals surface area contributed by atoms with Gasteiger partial charge in [-0.05, 0) is 55.9 Å². The fourth-order valence-electron chi connectivity index (χ4n) is 3.26. The maximum atomic E-state index is 12.6. The van der Waals surface area contributed by atoms with Gasteiger partial charge in [0.2, 0.25) is 5.82 Å². The van der Waals surface area contributed by atoms with Gasteiger partial charge < -0.3 is 9.26 Å². The highest BCUT2D eigenvalue weighted by Crippen LogP contribution is 2.29. The second-order valence-corrected chi connectivity index (χ2v) is 7.16. The van der Waals surface area contributed by atoms with Crippen LogP contribution in [0.2, 0.25) is 0 Å². The summed E-state index contributed by atoms with van der Waals surface area (Å²) in [7, 11) is 0. The van der Waals surface area contributed by atoms with Crippen LogP contribution in [0.25, 0.3) is 11.5 Å². The van der Waals surface area contributed by atoms with E-state index in [1.54, 1.807) is 13.1 Å². The van der Waals surface area contributed by atoms with Crippen LogP contribution in [0.15, 0.2) is 29.0 Å². The van der Waals surface area contributed by atoms with Gasteiger partial charge in [0.05, 0.1) is 11.9 Å². The summed E-state index contributed by atoms with van der Waals surface area (Å²) in [6.07, 6.45) is 1.79. The lowest BCUT2D eigenvalue weighted by Gasteiger charge is -2.15. The number of aromatic nitrogens is 4. The number of ether oxygens (including phenoxy) is 1. The van der Waals surface area contributed by atoms with E-state index in [0.29, 0.717) is 11.3 Å². The number of hydrogen-bond donors (Lipinski definition) is 1. The molecule has 0 unspecified atom stereocenters. The molecule has 0 saturated heterocycles. The minimum absolute atomic E-state index is 0.0692. The van der Waals surface area contributed by atoms with Crippen LogP contribution in [-0.2, 0) is 30.4 Å². The highest BCUT2D eigenvalue weighted by atomic mass is 19.4. The Labute approximate surface area is 174 Å². The van der Waals surface area contributed by atoms with E-state index in [1.807, 2.05) is 6.07 Å². The molecule has 0 radical (unpaired) electrons. The standard InChI is InChI=1S/C20H18F3N5O3/c1-11-6-15(17-27-18(31-28-17)20(21,22)23)25-9-16(11)26-19(29)30-10-12-7-13-4-2-3-5-14(13)24-8-12/h6-9H,2-5,10H2,1H3,(H,26,29). The van der Waals surface area contributed by atoms with Crippen molar-refractivity contribution in [2.75, 3.05) is 5.32 Å². The number of carbonyl (C=O) groups is 1. The molecule has 162 valence electrons. The number of halogens is 3. The van der Waals surface area contributed by atoms with Gasteiger partial charge in [0.1, 0.15) is 12.3 Å². The molecule has 8 nitrogen and oxygen atoms in total. The first-order chi connectivity index (χ1) is 14.8. The van der Waals surface area contributed by atoms with Crippen molar-refractivity contribution in [2.45, 2.75) is 45.4 Å². The highest BCUT2D eigenvalue weighted by molar-refractivity contribution is 5.85. The summed E-state index contributed by atoms with van der Waals surface area (Å²) in [5.74, 6) is -1.76. The fraction of sp³-hybridized carbons (Fsp3) is 0.350. The van der Waals surface area contributed by atoms with Crippen LogP contribution in [0.4, 0.5) is 23.7 Å². The smallest absolute Gasteiger partial charge is 0.444 e. The van der Waals surface area contributed by atoms with Gasteiger partial charge in [-0.15, -0.1) is 0 Å². The zero-order chi connectivity index (χ0) is 22.0. The van der Waals surface area contributed by atoms with Crippen molar-refractivity contribution in [1.29, 1.82) is 0 Å². The number of amides is 1. The summed E-state index contributed by atoms with van der Waals surface area (Å²) in [4.78, 5) is 23.9. The molecular formula is C20H18F3N5O3. The van der Waals surface area contributed by atoms with Gasteiger partial charge in [0.15, 0.2) is 0 Å². The summed E-state index contributed by atoms with van der Waals surface area (Å²) >= 11 is 0. The van der Waals surface area contributed by atoms with E-state index in [2.05, 4.69) is 29.9 Å². The van der Waals surface area contributed by atoms with Crippen LogP contribution in [0.3, 0.4) is 0 Å². The van der Waals surface area contributed by atoms with Gasteiger partial charge in [0, 0.05) is 17.5 Å². The summed E-state index contributed by atoms with van der Waals surface area (Å²) in [5, 5.41) is 5.85. The third-order valence-electron chi connectivity index (χ3n) is 4.84. The van der Waals surface area contributed by atoms with Gasteiger partial charge in [-0.3, -0.25) is 15.3 Å². The fourth-order valence-corrected chi connectivity index (χ4v) is 3.26. The molecule has 3 heterocycles. The average Bonchev–Trinajstić information content (AvgIpc) is 3.24. The third-order valence-corrected chi connectivity index (χ3v) is 4.84. The van der Waals surface area contributed by atoms with E-state index in [0.717, 1.165) is 36.9 Å². The Morgan fingerprint density at radius 3 is 2.74 bits per heavy atom. The van der Waals surface area contributed by atoms with Crippen molar-refractivity contribution >= 4 is 11.8 Å². The predicted octanol–water partition coefficient (Wildman–Crippen LogP) is 4.48. The van der Waals surface area contributed by atoms with Gasteiger partial charge in [0.25, 0.3) is 0 Å². The molecule has 0 atom stereocenters. The monoisotopic (exact) mass is 433 g/mol. The summed E-state index contributed by atoms with van der Waals surface area (Å²) in [6.45, 7) is 1.72. The number of rotatable bonds is 4. The lowest BCUT2D eigenvalue weighted by atomic mass is 9.95. The van der Waals surface area contributed by atoms with E-state index in [-0.39, 0.29) is 18.1 Å². The second kappa shape index (κ2) is 8.32. The quantitative estimate of drug-likeness (QED) is 0.647. The average molecular weight is 433 g/mol. The molecule has 4 rings (SSSR count). The van der Waals surface area contributed by atoms with Crippen molar-refractivity contribution in [2.24, 2.45) is 0 Å². The number of fused-ring (bicyclic) bond motifs is 1. The van der Waals surface area contributed by atoms with Gasteiger partial charge in [-0.2, -0.15) is 18.2 Å². The summed E-state index contributed by atoms with van der Waals surface area (Å²) in [6, 6.07) is 3.45. The molecule has 1 amide bonds. The van der Waals surface area contributed by atoms with Crippen molar-refractivity contribution < 1.29 is 27.2 Å².